The van der Waals surface area contributed by atoms with Gasteiger partial charge in [0.25, 0.3) is 0 Å². The van der Waals surface area contributed by atoms with Crippen molar-refractivity contribution in [2.75, 3.05) is 40.9 Å². The molecule has 0 bridgehead atoms. The zero-order valence-corrected chi connectivity index (χ0v) is 37.8. The summed E-state index contributed by atoms with van der Waals surface area (Å²) in [5.41, 5.74) is 0. The quantitative estimate of drug-likeness (QED) is 0.0246. The molecule has 1 amide bonds. The van der Waals surface area contributed by atoms with Gasteiger partial charge in [-0.05, 0) is 32.1 Å². The number of hydrogen-bond donors (Lipinski definition) is 3. The third-order valence-corrected chi connectivity index (χ3v) is 11.4. The molecule has 8 nitrogen and oxygen atoms in total. The number of hydrogen-bond acceptors (Lipinski definition) is 5. The summed E-state index contributed by atoms with van der Waals surface area (Å²) in [6, 6.07) is -0.857. The molecule has 9 heteroatoms. The van der Waals surface area contributed by atoms with Gasteiger partial charge >= 0.3 is 7.82 Å². The third-order valence-electron chi connectivity index (χ3n) is 10.4. The predicted octanol–water partition coefficient (Wildman–Crippen LogP) is 12.9. The van der Waals surface area contributed by atoms with E-state index >= 15 is 0 Å². The Hall–Kier alpha value is -1.02. The van der Waals surface area contributed by atoms with Crippen LogP contribution in [0.25, 0.3) is 0 Å². The third kappa shape index (κ3) is 41.0. The average Bonchev–Trinajstić information content (AvgIpc) is 3.13. The zero-order valence-electron chi connectivity index (χ0n) is 36.9. The fourth-order valence-corrected chi connectivity index (χ4v) is 7.44. The Bertz CT molecular complexity index is 953. The molecule has 0 aliphatic heterocycles. The molecule has 0 aromatic carbocycles. The Kier molecular flexibility index (Phi) is 37.8. The lowest BCUT2D eigenvalue weighted by atomic mass is 10.0. The summed E-state index contributed by atoms with van der Waals surface area (Å²) in [4.78, 5) is 23.1. The second-order valence-electron chi connectivity index (χ2n) is 17.1. The molecule has 0 aromatic rings. The molecular weight excluding hydrogens is 707 g/mol. The smallest absolute Gasteiger partial charge is 0.387 e. The van der Waals surface area contributed by atoms with Gasteiger partial charge in [-0.3, -0.25) is 13.8 Å². The first kappa shape index (κ1) is 54.0. The Labute approximate surface area is 341 Å². The lowest BCUT2D eigenvalue weighted by Gasteiger charge is -2.25. The number of phosphoric acid groups is 1. The Morgan fingerprint density at radius 1 is 0.600 bits per heavy atom. The summed E-state index contributed by atoms with van der Waals surface area (Å²) in [7, 11) is 1.56. The van der Waals surface area contributed by atoms with E-state index in [4.69, 9.17) is 9.05 Å². The van der Waals surface area contributed by atoms with Crippen LogP contribution in [0.5, 0.6) is 0 Å². The van der Waals surface area contributed by atoms with Crippen LogP contribution in [-0.4, -0.2) is 73.4 Å². The maximum absolute atomic E-state index is 12.9. The molecule has 0 fully saturated rings. The van der Waals surface area contributed by atoms with E-state index in [-0.39, 0.29) is 19.1 Å². The minimum atomic E-state index is -4.34. The van der Waals surface area contributed by atoms with E-state index in [0.29, 0.717) is 17.4 Å². The van der Waals surface area contributed by atoms with E-state index in [2.05, 4.69) is 31.3 Å². The second kappa shape index (κ2) is 38.5. The van der Waals surface area contributed by atoms with Gasteiger partial charge in [0, 0.05) is 6.42 Å². The highest BCUT2D eigenvalue weighted by atomic mass is 31.2. The molecule has 55 heavy (non-hydrogen) atoms. The van der Waals surface area contributed by atoms with Crippen LogP contribution in [0.1, 0.15) is 213 Å². The van der Waals surface area contributed by atoms with Crippen molar-refractivity contribution >= 4 is 13.7 Å². The standard InChI is InChI=1S/C46H91N2O6P/c1-6-8-10-12-14-16-18-19-20-21-22-23-24-25-26-27-28-30-32-34-36-38-40-46(50)47-44(43-54-55(51,52)53-42-41-48(3,4)5)45(49)39-37-35-33-31-29-17-15-13-11-9-7-2/h29,31,37,39,44-45,49H,6-28,30,32-36,38,40-43H2,1-5H3,(H-,47,50,51,52)/p+1/b31-29+,39-37+/t44-,45+/m0/s1. The molecule has 0 saturated heterocycles. The van der Waals surface area contributed by atoms with Gasteiger partial charge in [-0.25, -0.2) is 4.57 Å². The van der Waals surface area contributed by atoms with E-state index < -0.39 is 20.0 Å². The van der Waals surface area contributed by atoms with Gasteiger partial charge in [-0.2, -0.15) is 0 Å². The predicted molar refractivity (Wildman–Crippen MR) is 235 cm³/mol. The van der Waals surface area contributed by atoms with Crippen molar-refractivity contribution in [2.45, 2.75) is 225 Å². The normalized spacial score (nSPS) is 14.5. The van der Waals surface area contributed by atoms with Crippen molar-refractivity contribution in [1.82, 2.24) is 5.32 Å². The monoisotopic (exact) mass is 800 g/mol. The summed E-state index contributed by atoms with van der Waals surface area (Å²) < 4.78 is 23.5. The number of allylic oxidation sites excluding steroid dienone is 3. The fourth-order valence-electron chi connectivity index (χ4n) is 6.70. The van der Waals surface area contributed by atoms with Gasteiger partial charge < -0.3 is 19.8 Å². The Balaban J connectivity index is 4.25. The minimum Gasteiger partial charge on any atom is -0.387 e. The molecule has 0 radical (unpaired) electrons. The van der Waals surface area contributed by atoms with E-state index in [1.165, 1.54) is 154 Å². The SMILES string of the molecule is CCCCCCC/C=C/CC/C=C/[C@@H](O)[C@H](COP(=O)(O)OCC[N+](C)(C)C)NC(=O)CCCCCCCCCCCCCCCCCCCCCCCC. The lowest BCUT2D eigenvalue weighted by Crippen LogP contribution is -2.45. The average molecular weight is 800 g/mol. The Morgan fingerprint density at radius 3 is 1.45 bits per heavy atom. The highest BCUT2D eigenvalue weighted by molar-refractivity contribution is 7.47. The molecule has 1 unspecified atom stereocenters. The topological polar surface area (TPSA) is 105 Å². The van der Waals surface area contributed by atoms with Crippen LogP contribution >= 0.6 is 7.82 Å². The summed E-state index contributed by atoms with van der Waals surface area (Å²) in [5.74, 6) is -0.185. The molecule has 0 aliphatic rings. The van der Waals surface area contributed by atoms with E-state index in [1.54, 1.807) is 6.08 Å². The fraction of sp³-hybridized carbons (Fsp3) is 0.891. The van der Waals surface area contributed by atoms with Crippen molar-refractivity contribution in [1.29, 1.82) is 0 Å². The van der Waals surface area contributed by atoms with Gasteiger partial charge in [0.15, 0.2) is 0 Å². The summed E-state index contributed by atoms with van der Waals surface area (Å²) >= 11 is 0. The summed E-state index contributed by atoms with van der Waals surface area (Å²) in [5, 5.41) is 13.8. The number of amides is 1. The number of aliphatic hydroxyl groups is 1. The second-order valence-corrected chi connectivity index (χ2v) is 18.6. The van der Waals surface area contributed by atoms with Crippen molar-refractivity contribution in [3.8, 4) is 0 Å². The maximum Gasteiger partial charge on any atom is 0.472 e. The van der Waals surface area contributed by atoms with Gasteiger partial charge in [0.1, 0.15) is 13.2 Å². The van der Waals surface area contributed by atoms with Crippen LogP contribution in [0, 0.1) is 0 Å². The molecule has 0 heterocycles. The number of unbranched alkanes of at least 4 members (excludes halogenated alkanes) is 27. The number of likely N-dealkylation sites (N-methyl/N-ethyl adjacent to an activating group) is 1. The van der Waals surface area contributed by atoms with Crippen LogP contribution in [0.4, 0.5) is 0 Å². The van der Waals surface area contributed by atoms with Crippen molar-refractivity contribution in [2.24, 2.45) is 0 Å². The lowest BCUT2D eigenvalue weighted by molar-refractivity contribution is -0.870. The number of carbonyl (C=O) groups is 1. The first-order valence-electron chi connectivity index (χ1n) is 23.2. The molecule has 0 aliphatic carbocycles. The van der Waals surface area contributed by atoms with Crippen LogP contribution in [0.2, 0.25) is 0 Å². The van der Waals surface area contributed by atoms with E-state index in [1.807, 2.05) is 27.2 Å². The van der Waals surface area contributed by atoms with Gasteiger partial charge in [0.2, 0.25) is 5.91 Å². The summed E-state index contributed by atoms with van der Waals surface area (Å²) in [6.45, 7) is 4.78. The van der Waals surface area contributed by atoms with Crippen LogP contribution in [0.3, 0.4) is 0 Å². The molecule has 0 saturated carbocycles. The van der Waals surface area contributed by atoms with Crippen LogP contribution < -0.4 is 5.32 Å². The van der Waals surface area contributed by atoms with Crippen LogP contribution in [0.15, 0.2) is 24.3 Å². The van der Waals surface area contributed by atoms with E-state index in [0.717, 1.165) is 38.5 Å². The number of quaternary nitrogens is 1. The van der Waals surface area contributed by atoms with Crippen molar-refractivity contribution in [3.63, 3.8) is 0 Å². The number of rotatable bonds is 42. The zero-order chi connectivity index (χ0) is 40.7. The number of phosphoric ester groups is 1. The van der Waals surface area contributed by atoms with Gasteiger partial charge in [-0.15, -0.1) is 0 Å². The van der Waals surface area contributed by atoms with Crippen molar-refractivity contribution in [3.05, 3.63) is 24.3 Å². The molecule has 3 atom stereocenters. The van der Waals surface area contributed by atoms with Crippen LogP contribution in [-0.2, 0) is 18.4 Å². The largest absolute Gasteiger partial charge is 0.472 e. The van der Waals surface area contributed by atoms with E-state index in [9.17, 15) is 19.4 Å². The highest BCUT2D eigenvalue weighted by Gasteiger charge is 2.27. The first-order valence-corrected chi connectivity index (χ1v) is 24.7. The minimum absolute atomic E-state index is 0.0581. The number of nitrogens with one attached hydrogen (secondary N) is 1. The molecule has 326 valence electrons. The highest BCUT2D eigenvalue weighted by Crippen LogP contribution is 2.43. The number of carbonyl (C=O) groups excluding carboxylic acids is 1. The maximum atomic E-state index is 12.9. The number of nitrogens with zero attached hydrogens (tertiary/aromatic N) is 1. The van der Waals surface area contributed by atoms with Gasteiger partial charge in [-0.1, -0.05) is 199 Å². The Morgan fingerprint density at radius 2 is 1.00 bits per heavy atom. The molecule has 0 aromatic heterocycles. The number of aliphatic hydroxyl groups excluding tert-OH is 1. The molecule has 3 N–H and O–H groups in total. The molecule has 0 rings (SSSR count). The molecular formula is C46H92N2O6P+. The summed E-state index contributed by atoms with van der Waals surface area (Å²) in [6.07, 6.45) is 45.5. The van der Waals surface area contributed by atoms with Crippen molar-refractivity contribution < 1.29 is 32.9 Å². The van der Waals surface area contributed by atoms with Gasteiger partial charge in [0.05, 0.1) is 39.9 Å². The molecule has 0 spiro atoms. The first-order chi connectivity index (χ1) is 26.5.